The molecule has 2 aromatic heterocycles. The number of amides is 1. The summed E-state index contributed by atoms with van der Waals surface area (Å²) >= 11 is 0. The van der Waals surface area contributed by atoms with E-state index in [2.05, 4.69) is 20.1 Å². The zero-order valence-electron chi connectivity index (χ0n) is 17.3. The SMILES string of the molecule is Cc1ccc(NC(=O)Cn2c(C)cc(=O)n3nc(-c4ccc(OC(F)F)cc4)nc23)cc1. The Morgan fingerprint density at radius 3 is 2.44 bits per heavy atom. The van der Waals surface area contributed by atoms with E-state index in [4.69, 9.17) is 0 Å². The van der Waals surface area contributed by atoms with E-state index >= 15 is 0 Å². The number of alkyl halides is 2. The molecule has 10 heteroatoms. The molecule has 2 heterocycles. The van der Waals surface area contributed by atoms with Crippen LogP contribution < -0.4 is 15.6 Å². The summed E-state index contributed by atoms with van der Waals surface area (Å²) in [5.74, 6) is 0.109. The van der Waals surface area contributed by atoms with Crippen LogP contribution in [0, 0.1) is 13.8 Å². The van der Waals surface area contributed by atoms with Gasteiger partial charge in [0, 0.05) is 23.0 Å². The zero-order valence-corrected chi connectivity index (χ0v) is 17.3. The van der Waals surface area contributed by atoms with Crippen LogP contribution in [0.4, 0.5) is 14.5 Å². The Morgan fingerprint density at radius 2 is 1.78 bits per heavy atom. The lowest BCUT2D eigenvalue weighted by Crippen LogP contribution is -2.25. The molecule has 2 aromatic carbocycles. The fraction of sp³-hybridized carbons (Fsp3) is 0.182. The predicted octanol–water partition coefficient (Wildman–Crippen LogP) is 3.41. The number of benzene rings is 2. The Kier molecular flexibility index (Phi) is 5.67. The van der Waals surface area contributed by atoms with E-state index < -0.39 is 12.2 Å². The van der Waals surface area contributed by atoms with Crippen molar-refractivity contribution in [2.45, 2.75) is 27.0 Å². The van der Waals surface area contributed by atoms with Gasteiger partial charge in [0.25, 0.3) is 5.56 Å². The molecular weight excluding hydrogens is 420 g/mol. The number of hydrogen-bond acceptors (Lipinski definition) is 5. The summed E-state index contributed by atoms with van der Waals surface area (Å²) in [6.45, 7) is 0.646. The van der Waals surface area contributed by atoms with Crippen molar-refractivity contribution in [2.75, 3.05) is 5.32 Å². The molecule has 0 bridgehead atoms. The first-order valence-corrected chi connectivity index (χ1v) is 9.69. The topological polar surface area (TPSA) is 90.5 Å². The summed E-state index contributed by atoms with van der Waals surface area (Å²) < 4.78 is 31.7. The molecule has 0 unspecified atom stereocenters. The maximum Gasteiger partial charge on any atom is 0.387 e. The standard InChI is InChI=1S/C22H19F2N5O3/c1-13-3-7-16(8-4-13)25-18(30)12-28-14(2)11-19(31)29-22(28)26-20(27-29)15-5-9-17(10-6-15)32-21(23)24/h3-11,21H,12H2,1-2H3,(H,25,30). The molecule has 0 radical (unpaired) electrons. The van der Waals surface area contributed by atoms with E-state index in [1.807, 2.05) is 19.1 Å². The highest BCUT2D eigenvalue weighted by atomic mass is 19.3. The minimum Gasteiger partial charge on any atom is -0.435 e. The van der Waals surface area contributed by atoms with Crippen molar-refractivity contribution in [3.63, 3.8) is 0 Å². The van der Waals surface area contributed by atoms with Crippen molar-refractivity contribution in [3.05, 3.63) is 76.2 Å². The maximum absolute atomic E-state index is 12.6. The summed E-state index contributed by atoms with van der Waals surface area (Å²) in [7, 11) is 0. The lowest BCUT2D eigenvalue weighted by atomic mass is 10.2. The molecule has 0 saturated carbocycles. The number of aryl methyl sites for hydroxylation is 2. The van der Waals surface area contributed by atoms with Gasteiger partial charge in [-0.05, 0) is 50.2 Å². The first-order chi connectivity index (χ1) is 15.3. The monoisotopic (exact) mass is 439 g/mol. The van der Waals surface area contributed by atoms with Crippen LogP contribution in [-0.4, -0.2) is 31.7 Å². The highest BCUT2D eigenvalue weighted by Gasteiger charge is 2.16. The molecule has 0 spiro atoms. The molecule has 164 valence electrons. The highest BCUT2D eigenvalue weighted by molar-refractivity contribution is 5.90. The van der Waals surface area contributed by atoms with Gasteiger partial charge in [0.2, 0.25) is 11.7 Å². The number of aromatic nitrogens is 4. The van der Waals surface area contributed by atoms with E-state index in [9.17, 15) is 18.4 Å². The van der Waals surface area contributed by atoms with E-state index in [-0.39, 0.29) is 29.8 Å². The molecule has 1 amide bonds. The van der Waals surface area contributed by atoms with Gasteiger partial charge in [0.15, 0.2) is 5.82 Å². The Bertz CT molecular complexity index is 1330. The van der Waals surface area contributed by atoms with Crippen LogP contribution in [0.15, 0.2) is 59.4 Å². The van der Waals surface area contributed by atoms with Gasteiger partial charge in [0.05, 0.1) is 0 Å². The second-order valence-electron chi connectivity index (χ2n) is 7.17. The minimum atomic E-state index is -2.93. The van der Waals surface area contributed by atoms with Gasteiger partial charge < -0.3 is 14.6 Å². The number of rotatable bonds is 6. The second kappa shape index (κ2) is 8.58. The molecular formula is C22H19F2N5O3. The van der Waals surface area contributed by atoms with E-state index in [1.54, 1.807) is 23.6 Å². The third kappa shape index (κ3) is 4.48. The predicted molar refractivity (Wildman–Crippen MR) is 114 cm³/mol. The Labute approximate surface area is 181 Å². The van der Waals surface area contributed by atoms with Gasteiger partial charge in [-0.25, -0.2) is 0 Å². The minimum absolute atomic E-state index is 0.00397. The van der Waals surface area contributed by atoms with Crippen molar-refractivity contribution in [1.29, 1.82) is 0 Å². The molecule has 32 heavy (non-hydrogen) atoms. The quantitative estimate of drug-likeness (QED) is 0.497. The largest absolute Gasteiger partial charge is 0.435 e. The van der Waals surface area contributed by atoms with Crippen molar-refractivity contribution in [2.24, 2.45) is 0 Å². The molecule has 0 atom stereocenters. The van der Waals surface area contributed by atoms with Crippen LogP contribution in [0.25, 0.3) is 17.2 Å². The molecule has 0 aliphatic carbocycles. The van der Waals surface area contributed by atoms with Gasteiger partial charge in [-0.1, -0.05) is 17.7 Å². The van der Waals surface area contributed by atoms with Gasteiger partial charge in [-0.2, -0.15) is 18.3 Å². The van der Waals surface area contributed by atoms with E-state index in [0.29, 0.717) is 16.9 Å². The molecule has 0 saturated heterocycles. The molecule has 1 N–H and O–H groups in total. The number of ether oxygens (including phenoxy) is 1. The highest BCUT2D eigenvalue weighted by Crippen LogP contribution is 2.21. The van der Waals surface area contributed by atoms with Crippen LogP contribution in [0.3, 0.4) is 0 Å². The zero-order chi connectivity index (χ0) is 22.8. The lowest BCUT2D eigenvalue weighted by Gasteiger charge is -2.11. The normalized spacial score (nSPS) is 11.2. The number of hydrogen-bond donors (Lipinski definition) is 1. The van der Waals surface area contributed by atoms with Crippen molar-refractivity contribution < 1.29 is 18.3 Å². The number of anilines is 1. The first kappa shape index (κ1) is 21.2. The number of nitrogens with one attached hydrogen (secondary N) is 1. The van der Waals surface area contributed by atoms with Crippen molar-refractivity contribution in [3.8, 4) is 17.1 Å². The summed E-state index contributed by atoms with van der Waals surface area (Å²) in [5, 5.41) is 7.04. The van der Waals surface area contributed by atoms with Crippen LogP contribution >= 0.6 is 0 Å². The average molecular weight is 439 g/mol. The molecule has 0 aliphatic heterocycles. The lowest BCUT2D eigenvalue weighted by molar-refractivity contribution is -0.116. The molecule has 4 rings (SSSR count). The second-order valence-corrected chi connectivity index (χ2v) is 7.17. The summed E-state index contributed by atoms with van der Waals surface area (Å²) in [4.78, 5) is 29.4. The van der Waals surface area contributed by atoms with Crippen LogP contribution in [0.2, 0.25) is 0 Å². The van der Waals surface area contributed by atoms with Crippen LogP contribution in [-0.2, 0) is 11.3 Å². The average Bonchev–Trinajstić information content (AvgIpc) is 3.19. The number of carbonyl (C=O) groups excluding carboxylic acids is 1. The Balaban J connectivity index is 1.64. The number of nitrogens with zero attached hydrogens (tertiary/aromatic N) is 4. The number of carbonyl (C=O) groups is 1. The smallest absolute Gasteiger partial charge is 0.387 e. The number of fused-ring (bicyclic) bond motifs is 1. The molecule has 0 aliphatic rings. The summed E-state index contributed by atoms with van der Waals surface area (Å²) in [6.07, 6.45) is 0. The third-order valence-electron chi connectivity index (χ3n) is 4.77. The van der Waals surface area contributed by atoms with Gasteiger partial charge in [-0.3, -0.25) is 9.59 Å². The number of halogens is 2. The maximum atomic E-state index is 12.6. The van der Waals surface area contributed by atoms with E-state index in [0.717, 1.165) is 10.1 Å². The van der Waals surface area contributed by atoms with Gasteiger partial charge >= 0.3 is 6.61 Å². The fourth-order valence-electron chi connectivity index (χ4n) is 3.19. The van der Waals surface area contributed by atoms with E-state index in [1.165, 1.54) is 30.3 Å². The van der Waals surface area contributed by atoms with Gasteiger partial charge in [0.1, 0.15) is 12.3 Å². The molecule has 0 fully saturated rings. The fourth-order valence-corrected chi connectivity index (χ4v) is 3.19. The Morgan fingerprint density at radius 1 is 1.09 bits per heavy atom. The van der Waals surface area contributed by atoms with Crippen LogP contribution in [0.5, 0.6) is 5.75 Å². The Hall–Kier alpha value is -4.08. The van der Waals surface area contributed by atoms with Crippen LogP contribution in [0.1, 0.15) is 11.3 Å². The summed E-state index contributed by atoms with van der Waals surface area (Å²) in [6, 6.07) is 14.5. The summed E-state index contributed by atoms with van der Waals surface area (Å²) in [5.41, 5.74) is 2.38. The van der Waals surface area contributed by atoms with Crippen molar-refractivity contribution >= 4 is 17.4 Å². The molecule has 8 nitrogen and oxygen atoms in total. The van der Waals surface area contributed by atoms with Crippen molar-refractivity contribution in [1.82, 2.24) is 19.2 Å². The van der Waals surface area contributed by atoms with Gasteiger partial charge in [-0.15, -0.1) is 5.10 Å². The first-order valence-electron chi connectivity index (χ1n) is 9.69. The molecule has 4 aromatic rings. The third-order valence-corrected chi connectivity index (χ3v) is 4.77.